The molecule has 1 amide bonds. The van der Waals surface area contributed by atoms with E-state index >= 15 is 0 Å². The van der Waals surface area contributed by atoms with Gasteiger partial charge in [0, 0.05) is 25.6 Å². The summed E-state index contributed by atoms with van der Waals surface area (Å²) in [6.45, 7) is 2.94. The molecule has 1 saturated heterocycles. The summed E-state index contributed by atoms with van der Waals surface area (Å²) in [6, 6.07) is 7.35. The lowest BCUT2D eigenvalue weighted by Crippen LogP contribution is -2.41. The van der Waals surface area contributed by atoms with Gasteiger partial charge in [0.2, 0.25) is 15.9 Å². The van der Waals surface area contributed by atoms with E-state index in [9.17, 15) is 13.2 Å². The number of nitrogens with one attached hydrogen (secondary N) is 1. The lowest BCUT2D eigenvalue weighted by Gasteiger charge is -2.31. The fraction of sp³-hybridized carbons (Fsp3) is 0.650. The molecule has 1 N–H and O–H groups in total. The standard InChI is InChI=1S/C20H30N2O3S/c1-16-7-9-19(10-8-16)26(24,25)22-13-11-17(12-14-22)15-20(23)21-18-5-3-2-4-6-18/h7-10,17-18H,2-6,11-15H2,1H3,(H,21,23). The van der Waals surface area contributed by atoms with Crippen molar-refractivity contribution in [2.45, 2.75) is 69.2 Å². The zero-order chi connectivity index (χ0) is 18.6. The van der Waals surface area contributed by atoms with E-state index in [0.29, 0.717) is 30.4 Å². The monoisotopic (exact) mass is 378 g/mol. The number of aryl methyl sites for hydroxylation is 1. The fourth-order valence-electron chi connectivity index (χ4n) is 4.01. The molecule has 1 aromatic rings. The van der Waals surface area contributed by atoms with E-state index in [2.05, 4.69) is 5.32 Å². The van der Waals surface area contributed by atoms with Crippen molar-refractivity contribution < 1.29 is 13.2 Å². The van der Waals surface area contributed by atoms with Gasteiger partial charge in [-0.25, -0.2) is 8.42 Å². The van der Waals surface area contributed by atoms with Gasteiger partial charge in [-0.1, -0.05) is 37.0 Å². The van der Waals surface area contributed by atoms with Crippen LogP contribution in [0.5, 0.6) is 0 Å². The first-order chi connectivity index (χ1) is 12.4. The second-order valence-electron chi connectivity index (χ2n) is 7.77. The molecule has 144 valence electrons. The number of rotatable bonds is 5. The summed E-state index contributed by atoms with van der Waals surface area (Å²) in [7, 11) is -3.42. The van der Waals surface area contributed by atoms with Crippen LogP contribution < -0.4 is 5.32 Å². The van der Waals surface area contributed by atoms with Crippen LogP contribution in [0.3, 0.4) is 0 Å². The first-order valence-corrected chi connectivity index (χ1v) is 11.3. The van der Waals surface area contributed by atoms with Crippen LogP contribution in [0.4, 0.5) is 0 Å². The number of nitrogens with zero attached hydrogens (tertiary/aromatic N) is 1. The number of sulfonamides is 1. The number of carbonyl (C=O) groups excluding carboxylic acids is 1. The molecule has 3 rings (SSSR count). The normalized spacial score (nSPS) is 20.8. The summed E-state index contributed by atoms with van der Waals surface area (Å²) in [6.07, 6.45) is 7.92. The number of amides is 1. The van der Waals surface area contributed by atoms with Gasteiger partial charge < -0.3 is 5.32 Å². The van der Waals surface area contributed by atoms with Gasteiger partial charge in [0.1, 0.15) is 0 Å². The highest BCUT2D eigenvalue weighted by molar-refractivity contribution is 7.89. The zero-order valence-corrected chi connectivity index (χ0v) is 16.4. The van der Waals surface area contributed by atoms with E-state index in [1.807, 2.05) is 19.1 Å². The van der Waals surface area contributed by atoms with Gasteiger partial charge in [-0.15, -0.1) is 0 Å². The minimum atomic E-state index is -3.42. The Morgan fingerprint density at radius 2 is 1.65 bits per heavy atom. The Labute approximate surface area is 157 Å². The molecule has 0 bridgehead atoms. The van der Waals surface area contributed by atoms with Crippen LogP contribution in [0.1, 0.15) is 56.9 Å². The van der Waals surface area contributed by atoms with Gasteiger partial charge in [-0.05, 0) is 50.7 Å². The van der Waals surface area contributed by atoms with Gasteiger partial charge in [-0.3, -0.25) is 4.79 Å². The molecule has 1 heterocycles. The van der Waals surface area contributed by atoms with Crippen molar-refractivity contribution in [3.8, 4) is 0 Å². The van der Waals surface area contributed by atoms with E-state index < -0.39 is 10.0 Å². The lowest BCUT2D eigenvalue weighted by molar-refractivity contribution is -0.123. The number of hydrogen-bond acceptors (Lipinski definition) is 3. The maximum atomic E-state index is 12.7. The van der Waals surface area contributed by atoms with Gasteiger partial charge in [-0.2, -0.15) is 4.31 Å². The number of hydrogen-bond donors (Lipinski definition) is 1. The van der Waals surface area contributed by atoms with Gasteiger partial charge in [0.25, 0.3) is 0 Å². The van der Waals surface area contributed by atoms with E-state index in [1.165, 1.54) is 19.3 Å². The summed E-state index contributed by atoms with van der Waals surface area (Å²) in [5, 5.41) is 3.17. The summed E-state index contributed by atoms with van der Waals surface area (Å²) < 4.78 is 27.0. The summed E-state index contributed by atoms with van der Waals surface area (Å²) in [4.78, 5) is 12.6. The average Bonchev–Trinajstić information content (AvgIpc) is 2.63. The van der Waals surface area contributed by atoms with E-state index in [1.54, 1.807) is 16.4 Å². The van der Waals surface area contributed by atoms with Crippen LogP contribution in [0.25, 0.3) is 0 Å². The number of piperidine rings is 1. The van der Waals surface area contributed by atoms with Crippen LogP contribution in [-0.2, 0) is 14.8 Å². The molecule has 26 heavy (non-hydrogen) atoms. The smallest absolute Gasteiger partial charge is 0.243 e. The molecule has 0 unspecified atom stereocenters. The Kier molecular flexibility index (Phi) is 6.35. The Morgan fingerprint density at radius 3 is 2.27 bits per heavy atom. The molecule has 1 aromatic carbocycles. The molecule has 1 aliphatic heterocycles. The van der Waals surface area contributed by atoms with E-state index in [-0.39, 0.29) is 11.8 Å². The molecule has 1 aliphatic carbocycles. The zero-order valence-electron chi connectivity index (χ0n) is 15.6. The minimum Gasteiger partial charge on any atom is -0.353 e. The number of benzene rings is 1. The molecule has 2 aliphatic rings. The third-order valence-corrected chi connectivity index (χ3v) is 7.59. The van der Waals surface area contributed by atoms with E-state index in [0.717, 1.165) is 31.2 Å². The molecular weight excluding hydrogens is 348 g/mol. The van der Waals surface area contributed by atoms with Crippen molar-refractivity contribution >= 4 is 15.9 Å². The van der Waals surface area contributed by atoms with Gasteiger partial charge >= 0.3 is 0 Å². The molecule has 0 aromatic heterocycles. The van der Waals surface area contributed by atoms with Crippen LogP contribution >= 0.6 is 0 Å². The highest BCUT2D eigenvalue weighted by Crippen LogP contribution is 2.26. The van der Waals surface area contributed by atoms with Crippen LogP contribution in [0.15, 0.2) is 29.2 Å². The first-order valence-electron chi connectivity index (χ1n) is 9.81. The summed E-state index contributed by atoms with van der Waals surface area (Å²) >= 11 is 0. The maximum absolute atomic E-state index is 12.7. The minimum absolute atomic E-state index is 0.136. The molecule has 6 heteroatoms. The molecule has 0 radical (unpaired) electrons. The average molecular weight is 379 g/mol. The van der Waals surface area contributed by atoms with Crippen molar-refractivity contribution in [1.82, 2.24) is 9.62 Å². The number of carbonyl (C=O) groups is 1. The molecule has 1 saturated carbocycles. The van der Waals surface area contributed by atoms with Crippen molar-refractivity contribution in [2.75, 3.05) is 13.1 Å². The highest BCUT2D eigenvalue weighted by atomic mass is 32.2. The molecule has 0 spiro atoms. The van der Waals surface area contributed by atoms with Crippen molar-refractivity contribution in [2.24, 2.45) is 5.92 Å². The van der Waals surface area contributed by atoms with Crippen LogP contribution in [-0.4, -0.2) is 37.8 Å². The van der Waals surface area contributed by atoms with Crippen molar-refractivity contribution in [3.05, 3.63) is 29.8 Å². The second-order valence-corrected chi connectivity index (χ2v) is 9.71. The largest absolute Gasteiger partial charge is 0.353 e. The molecule has 5 nitrogen and oxygen atoms in total. The Balaban J connectivity index is 1.49. The Bertz CT molecular complexity index is 701. The lowest BCUT2D eigenvalue weighted by atomic mass is 9.92. The molecular formula is C20H30N2O3S. The predicted octanol–water partition coefficient (Wildman–Crippen LogP) is 3.23. The third kappa shape index (κ3) is 4.86. The Morgan fingerprint density at radius 1 is 1.04 bits per heavy atom. The van der Waals surface area contributed by atoms with Gasteiger partial charge in [0.05, 0.1) is 4.90 Å². The Hall–Kier alpha value is -1.40. The fourth-order valence-corrected chi connectivity index (χ4v) is 5.48. The maximum Gasteiger partial charge on any atom is 0.243 e. The third-order valence-electron chi connectivity index (χ3n) is 5.68. The van der Waals surface area contributed by atoms with Gasteiger partial charge in [0.15, 0.2) is 0 Å². The topological polar surface area (TPSA) is 66.5 Å². The quantitative estimate of drug-likeness (QED) is 0.855. The van der Waals surface area contributed by atoms with E-state index in [4.69, 9.17) is 0 Å². The van der Waals surface area contributed by atoms with Crippen LogP contribution in [0.2, 0.25) is 0 Å². The summed E-state index contributed by atoms with van der Waals surface area (Å²) in [5.74, 6) is 0.416. The van der Waals surface area contributed by atoms with Crippen molar-refractivity contribution in [3.63, 3.8) is 0 Å². The van der Waals surface area contributed by atoms with Crippen molar-refractivity contribution in [1.29, 1.82) is 0 Å². The van der Waals surface area contributed by atoms with Crippen LogP contribution in [0, 0.1) is 12.8 Å². The molecule has 2 fully saturated rings. The second kappa shape index (κ2) is 8.53. The highest BCUT2D eigenvalue weighted by Gasteiger charge is 2.30. The molecule has 0 atom stereocenters. The SMILES string of the molecule is Cc1ccc(S(=O)(=O)N2CCC(CC(=O)NC3CCCCC3)CC2)cc1. The first kappa shape index (κ1) is 19.4. The predicted molar refractivity (Wildman–Crippen MR) is 102 cm³/mol. The summed E-state index contributed by atoms with van der Waals surface area (Å²) in [5.41, 5.74) is 1.05.